The molecular weight excluding hydrogens is 230 g/mol. The summed E-state index contributed by atoms with van der Waals surface area (Å²) < 4.78 is 0. The first-order valence-electron chi connectivity index (χ1n) is 6.54. The number of likely N-dealkylation sites (N-methyl/N-ethyl adjacent to an activating group) is 1. The molecule has 1 aliphatic carbocycles. The SMILES string of the molecule is CN(C)C1(C(O)c2ccsc2)CCCCCC1. The summed E-state index contributed by atoms with van der Waals surface area (Å²) in [7, 11) is 4.22. The molecule has 1 aliphatic rings. The zero-order chi connectivity index (χ0) is 12.3. The number of aliphatic hydroxyl groups is 1. The normalized spacial score (nSPS) is 22.4. The van der Waals surface area contributed by atoms with Gasteiger partial charge in [-0.05, 0) is 49.3 Å². The average Bonchev–Trinajstić information content (AvgIpc) is 2.72. The Hall–Kier alpha value is -0.380. The fraction of sp³-hybridized carbons (Fsp3) is 0.714. The van der Waals surface area contributed by atoms with Gasteiger partial charge in [0, 0.05) is 0 Å². The van der Waals surface area contributed by atoms with Crippen molar-refractivity contribution in [1.82, 2.24) is 4.90 Å². The molecule has 0 amide bonds. The lowest BCUT2D eigenvalue weighted by Crippen LogP contribution is -2.48. The minimum absolute atomic E-state index is 0.0580. The molecule has 0 aromatic carbocycles. The molecule has 0 saturated heterocycles. The van der Waals surface area contributed by atoms with E-state index in [1.54, 1.807) is 11.3 Å². The zero-order valence-corrected chi connectivity index (χ0v) is 11.7. The smallest absolute Gasteiger partial charge is 0.0981 e. The van der Waals surface area contributed by atoms with Crippen LogP contribution in [-0.2, 0) is 0 Å². The van der Waals surface area contributed by atoms with Crippen molar-refractivity contribution < 1.29 is 5.11 Å². The lowest BCUT2D eigenvalue weighted by atomic mass is 9.81. The molecular formula is C14H23NOS. The quantitative estimate of drug-likeness (QED) is 0.834. The Morgan fingerprint density at radius 1 is 1.24 bits per heavy atom. The molecule has 1 N–H and O–H groups in total. The van der Waals surface area contributed by atoms with E-state index in [4.69, 9.17) is 0 Å². The standard InChI is InChI=1S/C14H23NOS/c1-15(2)14(8-5-3-4-6-9-14)13(16)12-7-10-17-11-12/h7,10-11,13,16H,3-6,8-9H2,1-2H3. The first-order chi connectivity index (χ1) is 8.17. The predicted molar refractivity (Wildman–Crippen MR) is 73.4 cm³/mol. The van der Waals surface area contributed by atoms with Gasteiger partial charge < -0.3 is 10.0 Å². The third kappa shape index (κ3) is 2.56. The van der Waals surface area contributed by atoms with Crippen LogP contribution in [0.4, 0.5) is 0 Å². The molecule has 17 heavy (non-hydrogen) atoms. The van der Waals surface area contributed by atoms with Crippen LogP contribution in [0.2, 0.25) is 0 Å². The summed E-state index contributed by atoms with van der Waals surface area (Å²) in [5, 5.41) is 14.9. The topological polar surface area (TPSA) is 23.5 Å². The first-order valence-corrected chi connectivity index (χ1v) is 7.49. The minimum Gasteiger partial charge on any atom is -0.386 e. The van der Waals surface area contributed by atoms with E-state index in [1.807, 2.05) is 0 Å². The van der Waals surface area contributed by atoms with Crippen LogP contribution in [0.15, 0.2) is 16.8 Å². The van der Waals surface area contributed by atoms with E-state index < -0.39 is 0 Å². The van der Waals surface area contributed by atoms with Gasteiger partial charge in [-0.1, -0.05) is 25.7 Å². The maximum absolute atomic E-state index is 10.7. The van der Waals surface area contributed by atoms with Crippen molar-refractivity contribution in [2.75, 3.05) is 14.1 Å². The third-order valence-corrected chi connectivity index (χ3v) is 4.93. The Labute approximate surface area is 108 Å². The highest BCUT2D eigenvalue weighted by molar-refractivity contribution is 7.07. The number of rotatable bonds is 3. The molecule has 0 aliphatic heterocycles. The lowest BCUT2D eigenvalue weighted by Gasteiger charge is -2.43. The van der Waals surface area contributed by atoms with Crippen LogP contribution in [-0.4, -0.2) is 29.6 Å². The van der Waals surface area contributed by atoms with Gasteiger partial charge in [0.05, 0.1) is 11.6 Å². The summed E-state index contributed by atoms with van der Waals surface area (Å²) in [5.41, 5.74) is 1.03. The Balaban J connectivity index is 2.26. The summed E-state index contributed by atoms with van der Waals surface area (Å²) in [6, 6.07) is 2.06. The van der Waals surface area contributed by atoms with Crippen molar-refractivity contribution in [2.45, 2.75) is 50.2 Å². The Bertz CT molecular complexity index is 326. The van der Waals surface area contributed by atoms with Gasteiger partial charge >= 0.3 is 0 Å². The van der Waals surface area contributed by atoms with Crippen molar-refractivity contribution in [2.24, 2.45) is 0 Å². The molecule has 1 aromatic rings. The van der Waals surface area contributed by atoms with Gasteiger partial charge in [0.25, 0.3) is 0 Å². The molecule has 0 spiro atoms. The number of hydrogen-bond donors (Lipinski definition) is 1. The Morgan fingerprint density at radius 2 is 1.88 bits per heavy atom. The molecule has 0 radical (unpaired) electrons. The third-order valence-electron chi connectivity index (χ3n) is 4.23. The summed E-state index contributed by atoms with van der Waals surface area (Å²) in [6.45, 7) is 0. The van der Waals surface area contributed by atoms with E-state index in [0.717, 1.165) is 18.4 Å². The molecule has 2 nitrogen and oxygen atoms in total. The van der Waals surface area contributed by atoms with E-state index in [1.165, 1.54) is 25.7 Å². The van der Waals surface area contributed by atoms with Crippen LogP contribution in [0.3, 0.4) is 0 Å². The van der Waals surface area contributed by atoms with Gasteiger partial charge in [-0.25, -0.2) is 0 Å². The van der Waals surface area contributed by atoms with E-state index in [2.05, 4.69) is 35.8 Å². The largest absolute Gasteiger partial charge is 0.386 e. The highest BCUT2D eigenvalue weighted by Crippen LogP contribution is 2.41. The van der Waals surface area contributed by atoms with Crippen LogP contribution >= 0.6 is 11.3 Å². The van der Waals surface area contributed by atoms with Crippen LogP contribution in [0.5, 0.6) is 0 Å². The Kier molecular flexibility index (Phi) is 4.23. The second kappa shape index (κ2) is 5.51. The van der Waals surface area contributed by atoms with Gasteiger partial charge in [0.1, 0.15) is 0 Å². The monoisotopic (exact) mass is 253 g/mol. The minimum atomic E-state index is -0.346. The van der Waals surface area contributed by atoms with Crippen molar-refractivity contribution in [3.63, 3.8) is 0 Å². The summed E-state index contributed by atoms with van der Waals surface area (Å²) >= 11 is 1.67. The van der Waals surface area contributed by atoms with Gasteiger partial charge in [-0.2, -0.15) is 11.3 Å². The number of hydrogen-bond acceptors (Lipinski definition) is 3. The number of aliphatic hydroxyl groups excluding tert-OH is 1. The van der Waals surface area contributed by atoms with Gasteiger partial charge in [-0.15, -0.1) is 0 Å². The maximum Gasteiger partial charge on any atom is 0.0981 e. The highest BCUT2D eigenvalue weighted by atomic mass is 32.1. The molecule has 3 heteroatoms. The van der Waals surface area contributed by atoms with Gasteiger partial charge in [0.15, 0.2) is 0 Å². The van der Waals surface area contributed by atoms with Crippen LogP contribution < -0.4 is 0 Å². The fourth-order valence-corrected chi connectivity index (χ4v) is 3.73. The van der Waals surface area contributed by atoms with Crippen molar-refractivity contribution in [3.8, 4) is 0 Å². The van der Waals surface area contributed by atoms with E-state index >= 15 is 0 Å². The molecule has 1 heterocycles. The van der Waals surface area contributed by atoms with Crippen LogP contribution in [0.1, 0.15) is 50.2 Å². The zero-order valence-electron chi connectivity index (χ0n) is 10.9. The van der Waals surface area contributed by atoms with E-state index in [-0.39, 0.29) is 11.6 Å². The van der Waals surface area contributed by atoms with Crippen molar-refractivity contribution >= 4 is 11.3 Å². The summed E-state index contributed by atoms with van der Waals surface area (Å²) in [4.78, 5) is 2.25. The molecule has 2 rings (SSSR count). The second-order valence-corrected chi connectivity index (χ2v) is 6.15. The Morgan fingerprint density at radius 3 is 2.35 bits per heavy atom. The highest BCUT2D eigenvalue weighted by Gasteiger charge is 2.40. The predicted octanol–water partition coefficient (Wildman–Crippen LogP) is 3.44. The van der Waals surface area contributed by atoms with Gasteiger partial charge in [-0.3, -0.25) is 0 Å². The van der Waals surface area contributed by atoms with E-state index in [0.29, 0.717) is 0 Å². The second-order valence-electron chi connectivity index (χ2n) is 5.37. The van der Waals surface area contributed by atoms with Crippen LogP contribution in [0.25, 0.3) is 0 Å². The van der Waals surface area contributed by atoms with Crippen molar-refractivity contribution in [1.29, 1.82) is 0 Å². The van der Waals surface area contributed by atoms with Crippen molar-refractivity contribution in [3.05, 3.63) is 22.4 Å². The first kappa shape index (κ1) is 13.1. The maximum atomic E-state index is 10.7. The molecule has 1 atom stereocenters. The molecule has 0 bridgehead atoms. The summed E-state index contributed by atoms with van der Waals surface area (Å²) in [6.07, 6.45) is 6.96. The average molecular weight is 253 g/mol. The molecule has 1 unspecified atom stereocenters. The number of thiophene rings is 1. The van der Waals surface area contributed by atoms with Crippen LogP contribution in [0, 0.1) is 0 Å². The lowest BCUT2D eigenvalue weighted by molar-refractivity contribution is -0.0196. The molecule has 1 saturated carbocycles. The molecule has 1 fully saturated rings. The summed E-state index contributed by atoms with van der Waals surface area (Å²) in [5.74, 6) is 0. The fourth-order valence-electron chi connectivity index (χ4n) is 3.05. The molecule has 1 aromatic heterocycles. The van der Waals surface area contributed by atoms with E-state index in [9.17, 15) is 5.11 Å². The number of nitrogens with zero attached hydrogens (tertiary/aromatic N) is 1. The van der Waals surface area contributed by atoms with Gasteiger partial charge in [0.2, 0.25) is 0 Å². The molecule has 96 valence electrons.